The van der Waals surface area contributed by atoms with Gasteiger partial charge in [0.15, 0.2) is 5.65 Å². The second-order valence-corrected chi connectivity index (χ2v) is 5.75. The first-order valence-electron chi connectivity index (χ1n) is 7.70. The molecular formula is C18H16N4O3. The van der Waals surface area contributed by atoms with Crippen LogP contribution < -0.4 is 16.2 Å². The number of nitrogens with zero attached hydrogens (tertiary/aromatic N) is 2. The Labute approximate surface area is 142 Å². The summed E-state index contributed by atoms with van der Waals surface area (Å²) in [7, 11) is 1.58. The molecule has 7 nitrogen and oxygen atoms in total. The number of aromatic amines is 1. The summed E-state index contributed by atoms with van der Waals surface area (Å²) in [5.74, 6) is 0.628. The third-order valence-electron chi connectivity index (χ3n) is 4.27. The van der Waals surface area contributed by atoms with Crippen LogP contribution in [0.5, 0.6) is 5.75 Å². The molecule has 0 amide bonds. The van der Waals surface area contributed by atoms with Gasteiger partial charge in [-0.25, -0.2) is 14.3 Å². The Morgan fingerprint density at radius 1 is 1.28 bits per heavy atom. The molecule has 0 spiro atoms. The van der Waals surface area contributed by atoms with Crippen molar-refractivity contribution in [2.45, 2.75) is 6.61 Å². The van der Waals surface area contributed by atoms with E-state index in [4.69, 9.17) is 10.5 Å². The fourth-order valence-electron chi connectivity index (χ4n) is 3.11. The molecule has 0 atom stereocenters. The molecule has 0 fully saturated rings. The summed E-state index contributed by atoms with van der Waals surface area (Å²) in [4.78, 5) is 12.2. The van der Waals surface area contributed by atoms with Crippen molar-refractivity contribution >= 4 is 22.2 Å². The number of nitrogen functional groups attached to an aromatic ring is 1. The first-order valence-corrected chi connectivity index (χ1v) is 7.70. The zero-order chi connectivity index (χ0) is 17.6. The highest BCUT2D eigenvalue weighted by molar-refractivity contribution is 5.92. The number of pyridine rings is 1. The largest absolute Gasteiger partial charge is 0.496 e. The van der Waals surface area contributed by atoms with E-state index in [0.29, 0.717) is 28.2 Å². The number of H-pyrrole nitrogens is 1. The highest BCUT2D eigenvalue weighted by Crippen LogP contribution is 2.36. The van der Waals surface area contributed by atoms with Crippen molar-refractivity contribution in [2.24, 2.45) is 0 Å². The van der Waals surface area contributed by atoms with Gasteiger partial charge in [-0.1, -0.05) is 12.1 Å². The molecule has 0 bridgehead atoms. The number of methoxy groups -OCH3 is 1. The van der Waals surface area contributed by atoms with Crippen LogP contribution in [0.25, 0.3) is 27.7 Å². The molecule has 0 aliphatic carbocycles. The predicted molar refractivity (Wildman–Crippen MR) is 95.6 cm³/mol. The molecule has 0 unspecified atom stereocenters. The second-order valence-electron chi connectivity index (χ2n) is 5.75. The Kier molecular flexibility index (Phi) is 3.43. The van der Waals surface area contributed by atoms with Gasteiger partial charge >= 0.3 is 5.69 Å². The molecule has 4 rings (SSSR count). The summed E-state index contributed by atoms with van der Waals surface area (Å²) in [6.07, 6.45) is 0. The van der Waals surface area contributed by atoms with Crippen LogP contribution in [0, 0.1) is 0 Å². The zero-order valence-electron chi connectivity index (χ0n) is 13.5. The number of aromatic nitrogens is 3. The topological polar surface area (TPSA) is 106 Å². The van der Waals surface area contributed by atoms with E-state index in [1.165, 1.54) is 4.40 Å². The number of aliphatic hydroxyl groups is 1. The smallest absolute Gasteiger partial charge is 0.348 e. The molecule has 126 valence electrons. The first-order chi connectivity index (χ1) is 12.1. The fraction of sp³-hybridized carbons (Fsp3) is 0.111. The van der Waals surface area contributed by atoms with E-state index in [1.54, 1.807) is 19.2 Å². The predicted octanol–water partition coefficient (Wildman–Crippen LogP) is 1.93. The third kappa shape index (κ3) is 2.33. The molecule has 0 aliphatic rings. The maximum atomic E-state index is 12.2. The lowest BCUT2D eigenvalue weighted by Crippen LogP contribution is -2.11. The van der Waals surface area contributed by atoms with Crippen LogP contribution in [0.4, 0.5) is 5.69 Å². The normalized spacial score (nSPS) is 11.3. The van der Waals surface area contributed by atoms with Crippen molar-refractivity contribution in [3.63, 3.8) is 0 Å². The molecule has 4 N–H and O–H groups in total. The molecule has 2 aromatic carbocycles. The number of benzene rings is 2. The summed E-state index contributed by atoms with van der Waals surface area (Å²) in [6.45, 7) is -0.172. The summed E-state index contributed by atoms with van der Waals surface area (Å²) in [5.41, 5.74) is 9.62. The highest BCUT2D eigenvalue weighted by atomic mass is 16.5. The molecule has 7 heteroatoms. The van der Waals surface area contributed by atoms with Crippen molar-refractivity contribution in [1.82, 2.24) is 14.6 Å². The Morgan fingerprint density at radius 2 is 2.12 bits per heavy atom. The average Bonchev–Trinajstić information content (AvgIpc) is 3.00. The van der Waals surface area contributed by atoms with E-state index in [-0.39, 0.29) is 12.3 Å². The average molecular weight is 336 g/mol. The quantitative estimate of drug-likeness (QED) is 0.496. The number of nitrogens with one attached hydrogen (secondary N) is 1. The van der Waals surface area contributed by atoms with Gasteiger partial charge in [-0.15, -0.1) is 0 Å². The van der Waals surface area contributed by atoms with Gasteiger partial charge in [-0.05, 0) is 41.5 Å². The maximum absolute atomic E-state index is 12.2. The van der Waals surface area contributed by atoms with Crippen LogP contribution >= 0.6 is 0 Å². The van der Waals surface area contributed by atoms with Crippen LogP contribution in [-0.2, 0) is 6.61 Å². The van der Waals surface area contributed by atoms with Gasteiger partial charge in [-0.2, -0.15) is 5.10 Å². The van der Waals surface area contributed by atoms with Gasteiger partial charge in [0.25, 0.3) is 0 Å². The van der Waals surface area contributed by atoms with Crippen LogP contribution in [0.2, 0.25) is 0 Å². The van der Waals surface area contributed by atoms with E-state index in [1.807, 2.05) is 30.3 Å². The Bertz CT molecular complexity index is 1160. The van der Waals surface area contributed by atoms with E-state index < -0.39 is 0 Å². The van der Waals surface area contributed by atoms with Gasteiger partial charge in [0, 0.05) is 16.6 Å². The molecular weight excluding hydrogens is 320 g/mol. The van der Waals surface area contributed by atoms with Crippen molar-refractivity contribution in [3.8, 4) is 16.9 Å². The van der Waals surface area contributed by atoms with E-state index >= 15 is 0 Å². The minimum atomic E-state index is -0.340. The van der Waals surface area contributed by atoms with E-state index in [9.17, 15) is 9.90 Å². The van der Waals surface area contributed by atoms with Gasteiger partial charge in [-0.3, -0.25) is 0 Å². The molecule has 0 radical (unpaired) electrons. The first kappa shape index (κ1) is 15.2. The summed E-state index contributed by atoms with van der Waals surface area (Å²) >= 11 is 0. The third-order valence-corrected chi connectivity index (χ3v) is 4.27. The number of aliphatic hydroxyl groups excluding tert-OH is 1. The van der Waals surface area contributed by atoms with Crippen molar-refractivity contribution in [1.29, 1.82) is 0 Å². The van der Waals surface area contributed by atoms with Crippen molar-refractivity contribution < 1.29 is 9.84 Å². The number of hydrogen-bond donors (Lipinski definition) is 3. The molecule has 0 saturated heterocycles. The van der Waals surface area contributed by atoms with Gasteiger partial charge in [0.2, 0.25) is 0 Å². The number of hydrogen-bond acceptors (Lipinski definition) is 5. The Hall–Kier alpha value is -3.32. The minimum Gasteiger partial charge on any atom is -0.496 e. The number of rotatable bonds is 3. The molecule has 2 heterocycles. The second kappa shape index (κ2) is 5.64. The molecule has 4 aromatic rings. The molecule has 0 saturated carbocycles. The zero-order valence-corrected chi connectivity index (χ0v) is 13.5. The number of ether oxygens (including phenoxy) is 1. The Morgan fingerprint density at radius 3 is 2.84 bits per heavy atom. The van der Waals surface area contributed by atoms with Crippen LogP contribution in [-0.4, -0.2) is 26.8 Å². The van der Waals surface area contributed by atoms with Gasteiger partial charge in [0.05, 0.1) is 19.2 Å². The van der Waals surface area contributed by atoms with Crippen LogP contribution in [0.15, 0.2) is 47.3 Å². The van der Waals surface area contributed by atoms with Gasteiger partial charge < -0.3 is 15.6 Å². The minimum absolute atomic E-state index is 0.172. The van der Waals surface area contributed by atoms with Gasteiger partial charge in [0.1, 0.15) is 5.75 Å². The van der Waals surface area contributed by atoms with E-state index in [0.717, 1.165) is 16.5 Å². The van der Waals surface area contributed by atoms with Crippen molar-refractivity contribution in [2.75, 3.05) is 12.8 Å². The molecule has 25 heavy (non-hydrogen) atoms. The lowest BCUT2D eigenvalue weighted by molar-refractivity contribution is 0.283. The highest BCUT2D eigenvalue weighted by Gasteiger charge is 2.15. The summed E-state index contributed by atoms with van der Waals surface area (Å²) in [5, 5.41) is 16.9. The Balaban J connectivity index is 2.16. The molecule has 0 aliphatic heterocycles. The molecule has 2 aromatic heterocycles. The summed E-state index contributed by atoms with van der Waals surface area (Å²) in [6, 6.07) is 12.8. The SMILES string of the molecule is COc1cc2c(CO)cc3n[nH]c(=O)n3c2cc1-c1cccc(N)c1. The fourth-order valence-corrected chi connectivity index (χ4v) is 3.11. The number of anilines is 1. The number of fused-ring (bicyclic) bond motifs is 3. The standard InChI is InChI=1S/C18H16N4O3/c1-25-16-8-13-11(9-23)6-17-20-21-18(24)22(17)15(13)7-14(16)10-3-2-4-12(19)5-10/h2-8,23H,9,19H2,1H3,(H,21,24). The lowest BCUT2D eigenvalue weighted by atomic mass is 9.99. The van der Waals surface area contributed by atoms with Crippen LogP contribution in [0.3, 0.4) is 0 Å². The summed E-state index contributed by atoms with van der Waals surface area (Å²) < 4.78 is 7.01. The van der Waals surface area contributed by atoms with E-state index in [2.05, 4.69) is 10.2 Å². The van der Waals surface area contributed by atoms with Crippen molar-refractivity contribution in [3.05, 3.63) is 58.5 Å². The van der Waals surface area contributed by atoms with Crippen LogP contribution in [0.1, 0.15) is 5.56 Å². The maximum Gasteiger partial charge on any atom is 0.348 e. The monoisotopic (exact) mass is 336 g/mol. The lowest BCUT2D eigenvalue weighted by Gasteiger charge is -2.14. The number of nitrogens with two attached hydrogens (primary N) is 1.